The molecule has 0 nitrogen and oxygen atoms in total. The van der Waals surface area contributed by atoms with Gasteiger partial charge in [-0.15, -0.1) is 0 Å². The summed E-state index contributed by atoms with van der Waals surface area (Å²) in [6.45, 7) is 38.3. The first-order valence-electron chi connectivity index (χ1n) is 27.6. The Hall–Kier alpha value is -0.780. The van der Waals surface area contributed by atoms with Gasteiger partial charge in [0, 0.05) is 0 Å². The Morgan fingerprint density at radius 3 is 0.750 bits per heavy atom. The van der Waals surface area contributed by atoms with Crippen molar-refractivity contribution in [2.45, 2.75) is 336 Å². The maximum atomic E-state index is 2.46. The molecule has 0 atom stereocenters. The van der Waals surface area contributed by atoms with Gasteiger partial charge in [0.25, 0.3) is 0 Å². The van der Waals surface area contributed by atoms with E-state index >= 15 is 0 Å². The first-order chi connectivity index (χ1) is 28.7. The monoisotopic (exact) mass is 847 g/mol. The standard InChI is InChI=1S/C24H48.2C11H22.C7H16.C4H10.C3H8/c1-7-9-11-13-15-19-23(3,4)21-17-18-22-24(5,6)20-16-14-12-10-8-2;2*1-3-5-7-9-11-10-8-6-4-2;1-3-5-7-6-4-2;1-4(2)3;1-3-2/h17-18H,7-16,19-22H2,1-6H3;2*3,5H,4,6-11H2,1-2H3;3-7H2,1-2H3;4H,1-3H3;3H2,1-2H3. The molecule has 0 heteroatoms. The molecular weight excluding hydrogens is 721 g/mol. The molecule has 0 aliphatic heterocycles. The number of allylic oxidation sites excluding steroid dienone is 6. The van der Waals surface area contributed by atoms with Crippen LogP contribution in [-0.4, -0.2) is 0 Å². The predicted octanol–water partition coefficient (Wildman–Crippen LogP) is 23.8. The van der Waals surface area contributed by atoms with E-state index in [0.29, 0.717) is 10.8 Å². The maximum absolute atomic E-state index is 2.46. The molecule has 60 heavy (non-hydrogen) atoms. The number of rotatable bonds is 34. The molecule has 0 aliphatic carbocycles. The van der Waals surface area contributed by atoms with Crippen molar-refractivity contribution in [1.29, 1.82) is 0 Å². The Kier molecular flexibility index (Phi) is 76.6. The van der Waals surface area contributed by atoms with E-state index < -0.39 is 0 Å². The van der Waals surface area contributed by atoms with Crippen LogP contribution in [0.25, 0.3) is 0 Å². The van der Waals surface area contributed by atoms with Crippen molar-refractivity contribution in [3.63, 3.8) is 0 Å². The van der Waals surface area contributed by atoms with Gasteiger partial charge in [0.05, 0.1) is 0 Å². The minimum atomic E-state index is 0.479. The van der Waals surface area contributed by atoms with Gasteiger partial charge in [0.2, 0.25) is 0 Å². The second-order valence-corrected chi connectivity index (χ2v) is 20.3. The molecule has 366 valence electrons. The van der Waals surface area contributed by atoms with Crippen LogP contribution in [0.5, 0.6) is 0 Å². The molecule has 0 aromatic rings. The average Bonchev–Trinajstić information content (AvgIpc) is 3.20. The van der Waals surface area contributed by atoms with E-state index in [9.17, 15) is 0 Å². The molecular formula is C60H126. The van der Waals surface area contributed by atoms with Crippen LogP contribution >= 0.6 is 0 Å². The third-order valence-corrected chi connectivity index (χ3v) is 10.5. The first-order valence-corrected chi connectivity index (χ1v) is 27.6. The largest absolute Gasteiger partial charge is 0.0917 e. The minimum Gasteiger partial charge on any atom is -0.0917 e. The van der Waals surface area contributed by atoms with Crippen LogP contribution < -0.4 is 0 Å². The van der Waals surface area contributed by atoms with E-state index in [4.69, 9.17) is 0 Å². The molecule has 0 aliphatic rings. The zero-order valence-electron chi connectivity index (χ0n) is 46.1. The average molecular weight is 848 g/mol. The van der Waals surface area contributed by atoms with Gasteiger partial charge in [-0.3, -0.25) is 0 Å². The highest BCUT2D eigenvalue weighted by atomic mass is 14.2. The molecule has 0 amide bonds. The van der Waals surface area contributed by atoms with Gasteiger partial charge in [-0.1, -0.05) is 307 Å². The van der Waals surface area contributed by atoms with Crippen LogP contribution in [0, 0.1) is 16.7 Å². The van der Waals surface area contributed by atoms with Gasteiger partial charge in [-0.25, -0.2) is 0 Å². The summed E-state index contributed by atoms with van der Waals surface area (Å²) in [5.41, 5.74) is 0.958. The Bertz CT molecular complexity index is 685. The SMILES string of the molecule is CC(C)C.CC=CCCCCCCCC.CC=CCCCCCCCC.CCC.CCCCCCC.CCCCCCCC(C)(C)CC=CCC(C)(C)CCCCCCC. The molecule has 0 aromatic heterocycles. The molecule has 0 bridgehead atoms. The fraction of sp³-hybridized carbons (Fsp3) is 0.900. The van der Waals surface area contributed by atoms with Gasteiger partial charge in [0.1, 0.15) is 0 Å². The van der Waals surface area contributed by atoms with Crippen molar-refractivity contribution < 1.29 is 0 Å². The van der Waals surface area contributed by atoms with Crippen LogP contribution in [0.15, 0.2) is 36.5 Å². The zero-order valence-corrected chi connectivity index (χ0v) is 46.1. The zero-order chi connectivity index (χ0) is 46.9. The van der Waals surface area contributed by atoms with Crippen molar-refractivity contribution in [3.8, 4) is 0 Å². The van der Waals surface area contributed by atoms with E-state index in [2.05, 4.69) is 154 Å². The van der Waals surface area contributed by atoms with E-state index in [1.54, 1.807) is 0 Å². The number of hydrogen-bond donors (Lipinski definition) is 0. The molecule has 0 spiro atoms. The van der Waals surface area contributed by atoms with Crippen LogP contribution in [0.4, 0.5) is 0 Å². The second-order valence-electron chi connectivity index (χ2n) is 20.3. The van der Waals surface area contributed by atoms with Gasteiger partial charge < -0.3 is 0 Å². The topological polar surface area (TPSA) is 0 Å². The smallest absolute Gasteiger partial charge is 0.0299 e. The van der Waals surface area contributed by atoms with Crippen LogP contribution in [0.2, 0.25) is 0 Å². The van der Waals surface area contributed by atoms with Crippen molar-refractivity contribution >= 4 is 0 Å². The highest BCUT2D eigenvalue weighted by molar-refractivity contribution is 4.91. The molecule has 0 aromatic carbocycles. The summed E-state index contributed by atoms with van der Waals surface area (Å²) >= 11 is 0. The summed E-state index contributed by atoms with van der Waals surface area (Å²) < 4.78 is 0. The molecule has 0 unspecified atom stereocenters. The van der Waals surface area contributed by atoms with Crippen molar-refractivity contribution in [2.24, 2.45) is 16.7 Å². The lowest BCUT2D eigenvalue weighted by molar-refractivity contribution is 0.314. The Morgan fingerprint density at radius 2 is 0.517 bits per heavy atom. The summed E-state index contributed by atoms with van der Waals surface area (Å²) in [6, 6.07) is 0. The van der Waals surface area contributed by atoms with E-state index in [0.717, 1.165) is 5.92 Å². The summed E-state index contributed by atoms with van der Waals surface area (Å²) in [4.78, 5) is 0. The third-order valence-electron chi connectivity index (χ3n) is 10.5. The lowest BCUT2D eigenvalue weighted by atomic mass is 9.81. The van der Waals surface area contributed by atoms with E-state index in [1.165, 1.54) is 218 Å². The lowest BCUT2D eigenvalue weighted by Gasteiger charge is -2.24. The third kappa shape index (κ3) is 92.5. The molecule has 0 rings (SSSR count). The Labute approximate surface area is 387 Å². The Morgan fingerprint density at radius 1 is 0.317 bits per heavy atom. The fourth-order valence-electron chi connectivity index (χ4n) is 6.52. The van der Waals surface area contributed by atoms with Crippen molar-refractivity contribution in [1.82, 2.24) is 0 Å². The number of unbranched alkanes of at least 4 members (excludes halogenated alkanes) is 24. The van der Waals surface area contributed by atoms with Crippen molar-refractivity contribution in [2.75, 3.05) is 0 Å². The molecule has 0 N–H and O–H groups in total. The summed E-state index contributed by atoms with van der Waals surface area (Å²) in [7, 11) is 0. The second kappa shape index (κ2) is 64.8. The van der Waals surface area contributed by atoms with Crippen LogP contribution in [-0.2, 0) is 0 Å². The minimum absolute atomic E-state index is 0.479. The molecule has 0 radical (unpaired) electrons. The van der Waals surface area contributed by atoms with Crippen LogP contribution in [0.3, 0.4) is 0 Å². The van der Waals surface area contributed by atoms with Gasteiger partial charge in [0.15, 0.2) is 0 Å². The highest BCUT2D eigenvalue weighted by Crippen LogP contribution is 2.31. The van der Waals surface area contributed by atoms with Gasteiger partial charge in [-0.2, -0.15) is 0 Å². The summed E-state index contributed by atoms with van der Waals surface area (Å²) in [6.07, 6.45) is 60.7. The van der Waals surface area contributed by atoms with E-state index in [-0.39, 0.29) is 0 Å². The van der Waals surface area contributed by atoms with Crippen molar-refractivity contribution in [3.05, 3.63) is 36.5 Å². The molecule has 0 heterocycles. The molecule has 0 saturated heterocycles. The van der Waals surface area contributed by atoms with E-state index in [1.807, 2.05) is 0 Å². The highest BCUT2D eigenvalue weighted by Gasteiger charge is 2.17. The lowest BCUT2D eigenvalue weighted by Crippen LogP contribution is -2.11. The molecule has 0 saturated carbocycles. The fourth-order valence-corrected chi connectivity index (χ4v) is 6.52. The number of hydrogen-bond acceptors (Lipinski definition) is 0. The summed E-state index contributed by atoms with van der Waals surface area (Å²) in [5.74, 6) is 0.833. The van der Waals surface area contributed by atoms with Crippen LogP contribution in [0.1, 0.15) is 336 Å². The molecule has 0 fully saturated rings. The van der Waals surface area contributed by atoms with Gasteiger partial charge in [-0.05, 0) is 82.0 Å². The van der Waals surface area contributed by atoms with Gasteiger partial charge >= 0.3 is 0 Å². The summed E-state index contributed by atoms with van der Waals surface area (Å²) in [5, 5.41) is 0. The normalized spacial score (nSPS) is 11.3. The quantitative estimate of drug-likeness (QED) is 0.0447. The Balaban J connectivity index is -0.000000169. The predicted molar refractivity (Wildman–Crippen MR) is 289 cm³/mol. The first kappa shape index (κ1) is 70.9. The maximum Gasteiger partial charge on any atom is -0.0299 e.